The van der Waals surface area contributed by atoms with Gasteiger partial charge in [-0.2, -0.15) is 15.8 Å². The molecule has 0 unspecified atom stereocenters. The van der Waals surface area contributed by atoms with E-state index < -0.39 is 11.7 Å². The number of fused-ring (bicyclic) bond motifs is 1. The van der Waals surface area contributed by atoms with Gasteiger partial charge in [0.2, 0.25) is 5.91 Å². The van der Waals surface area contributed by atoms with E-state index in [1.165, 1.54) is 17.0 Å². The number of nitriles is 3. The van der Waals surface area contributed by atoms with Gasteiger partial charge in [0.1, 0.15) is 5.82 Å². The Hall–Kier alpha value is -3.89. The number of primary amides is 1. The van der Waals surface area contributed by atoms with E-state index in [9.17, 15) is 14.4 Å². The molecule has 6 nitrogen and oxygen atoms in total. The Bertz CT molecular complexity index is 1040. The average Bonchev–Trinajstić information content (AvgIpc) is 3.03. The molecule has 2 aromatic carbocycles. The number of rotatable bonds is 2. The van der Waals surface area contributed by atoms with Crippen LogP contribution in [0.25, 0.3) is 11.1 Å². The van der Waals surface area contributed by atoms with E-state index in [1.54, 1.807) is 12.1 Å². The highest BCUT2D eigenvalue weighted by molar-refractivity contribution is 6.01. The SMILES string of the molecule is N#Cc1cc(F)c(-c2cc(C#N)cc3c2CN(C#N)C3)c(C(N)=O)c1. The quantitative estimate of drug-likeness (QED) is 0.846. The van der Waals surface area contributed by atoms with E-state index in [4.69, 9.17) is 16.3 Å². The third kappa shape index (κ3) is 2.63. The minimum absolute atomic E-state index is 0.0261. The van der Waals surface area contributed by atoms with Gasteiger partial charge in [0.25, 0.3) is 0 Å². The van der Waals surface area contributed by atoms with Crippen LogP contribution in [0.2, 0.25) is 0 Å². The van der Waals surface area contributed by atoms with Crippen molar-refractivity contribution in [3.8, 4) is 29.5 Å². The first-order valence-electron chi connectivity index (χ1n) is 7.23. The lowest BCUT2D eigenvalue weighted by Gasteiger charge is -2.14. The van der Waals surface area contributed by atoms with Crippen LogP contribution in [-0.4, -0.2) is 10.8 Å². The fourth-order valence-corrected chi connectivity index (χ4v) is 3.01. The molecule has 1 heterocycles. The predicted octanol–water partition coefficient (Wildman–Crippen LogP) is 2.13. The smallest absolute Gasteiger partial charge is 0.249 e. The molecule has 1 aliphatic heterocycles. The molecule has 120 valence electrons. The molecule has 0 aliphatic carbocycles. The lowest BCUT2D eigenvalue weighted by Crippen LogP contribution is -2.14. The number of nitrogens with two attached hydrogens (primary N) is 1. The summed E-state index contributed by atoms with van der Waals surface area (Å²) in [4.78, 5) is 13.3. The minimum atomic E-state index is -0.878. The van der Waals surface area contributed by atoms with E-state index >= 15 is 0 Å². The van der Waals surface area contributed by atoms with E-state index in [1.807, 2.05) is 12.3 Å². The molecule has 0 saturated heterocycles. The van der Waals surface area contributed by atoms with Crippen molar-refractivity contribution in [1.82, 2.24) is 4.90 Å². The van der Waals surface area contributed by atoms with Crippen LogP contribution in [-0.2, 0) is 13.1 Å². The number of carbonyl (C=O) groups excluding carboxylic acids is 1. The molecule has 0 spiro atoms. The van der Waals surface area contributed by atoms with Crippen LogP contribution in [0.5, 0.6) is 0 Å². The summed E-state index contributed by atoms with van der Waals surface area (Å²) in [5.41, 5.74) is 7.15. The molecule has 3 rings (SSSR count). The summed E-state index contributed by atoms with van der Waals surface area (Å²) in [6.45, 7) is 0.544. The topological polar surface area (TPSA) is 118 Å². The van der Waals surface area contributed by atoms with Crippen molar-refractivity contribution < 1.29 is 9.18 Å². The molecule has 1 amide bonds. The lowest BCUT2D eigenvalue weighted by molar-refractivity contribution is 0.100. The summed E-state index contributed by atoms with van der Waals surface area (Å²) in [5.74, 6) is -1.65. The van der Waals surface area contributed by atoms with Gasteiger partial charge >= 0.3 is 0 Å². The second kappa shape index (κ2) is 5.96. The normalized spacial score (nSPS) is 12.0. The zero-order valence-electron chi connectivity index (χ0n) is 12.9. The maximum atomic E-state index is 14.7. The molecule has 0 aromatic heterocycles. The molecule has 25 heavy (non-hydrogen) atoms. The van der Waals surface area contributed by atoms with Gasteiger partial charge in [0, 0.05) is 5.56 Å². The summed E-state index contributed by atoms with van der Waals surface area (Å²) in [5, 5.41) is 27.3. The Labute approximate surface area is 142 Å². The molecular weight excluding hydrogens is 321 g/mol. The number of carbonyl (C=O) groups is 1. The van der Waals surface area contributed by atoms with Gasteiger partial charge in [-0.25, -0.2) is 4.39 Å². The second-order valence-corrected chi connectivity index (χ2v) is 5.59. The van der Waals surface area contributed by atoms with Crippen molar-refractivity contribution in [2.24, 2.45) is 5.73 Å². The zero-order valence-corrected chi connectivity index (χ0v) is 12.9. The van der Waals surface area contributed by atoms with Gasteiger partial charge in [0.15, 0.2) is 6.19 Å². The van der Waals surface area contributed by atoms with E-state index in [-0.39, 0.29) is 28.8 Å². The monoisotopic (exact) mass is 331 g/mol. The summed E-state index contributed by atoms with van der Waals surface area (Å²) in [7, 11) is 0. The maximum absolute atomic E-state index is 14.7. The van der Waals surface area contributed by atoms with Crippen molar-refractivity contribution >= 4 is 5.91 Å². The standard InChI is InChI=1S/C18H10FN5O/c19-16-4-11(6-21)3-14(18(23)25)17(16)13-2-10(5-20)1-12-7-24(9-22)8-15(12)13/h1-4H,7-8H2,(H2,23,25). The minimum Gasteiger partial charge on any atom is -0.366 e. The first-order valence-corrected chi connectivity index (χ1v) is 7.23. The zero-order chi connectivity index (χ0) is 18.1. The van der Waals surface area contributed by atoms with Gasteiger partial charge in [0.05, 0.1) is 41.9 Å². The highest BCUT2D eigenvalue weighted by atomic mass is 19.1. The van der Waals surface area contributed by atoms with Crippen molar-refractivity contribution in [1.29, 1.82) is 15.8 Å². The Balaban J connectivity index is 2.35. The number of amides is 1. The molecule has 7 heteroatoms. The van der Waals surface area contributed by atoms with Crippen molar-refractivity contribution in [3.63, 3.8) is 0 Å². The van der Waals surface area contributed by atoms with Crippen LogP contribution in [0, 0.1) is 39.9 Å². The first-order chi connectivity index (χ1) is 12.0. The molecule has 0 fully saturated rings. The molecule has 0 saturated carbocycles. The second-order valence-electron chi connectivity index (χ2n) is 5.59. The number of hydrogen-bond donors (Lipinski definition) is 1. The lowest BCUT2D eigenvalue weighted by atomic mass is 9.90. The third-order valence-corrected chi connectivity index (χ3v) is 4.08. The Kier molecular flexibility index (Phi) is 3.81. The third-order valence-electron chi connectivity index (χ3n) is 4.08. The van der Waals surface area contributed by atoms with E-state index in [2.05, 4.69) is 0 Å². The molecule has 0 radical (unpaired) electrons. The molecule has 0 bridgehead atoms. The maximum Gasteiger partial charge on any atom is 0.249 e. The summed E-state index contributed by atoms with van der Waals surface area (Å²) in [6.07, 6.45) is 2.02. The van der Waals surface area contributed by atoms with Crippen LogP contribution in [0.15, 0.2) is 24.3 Å². The molecular formula is C18H10FN5O. The van der Waals surface area contributed by atoms with Crippen molar-refractivity contribution in [2.45, 2.75) is 13.1 Å². The van der Waals surface area contributed by atoms with Gasteiger partial charge in [-0.3, -0.25) is 4.79 Å². The summed E-state index contributed by atoms with van der Waals surface area (Å²) >= 11 is 0. The summed E-state index contributed by atoms with van der Waals surface area (Å²) < 4.78 is 14.7. The van der Waals surface area contributed by atoms with Crippen LogP contribution in [0.1, 0.15) is 32.6 Å². The molecule has 2 N–H and O–H groups in total. The first kappa shape index (κ1) is 16.0. The molecule has 1 aliphatic rings. The number of hydrogen-bond acceptors (Lipinski definition) is 5. The van der Waals surface area contributed by atoms with E-state index in [0.717, 1.165) is 11.6 Å². The van der Waals surface area contributed by atoms with Crippen LogP contribution in [0.4, 0.5) is 4.39 Å². The van der Waals surface area contributed by atoms with E-state index in [0.29, 0.717) is 17.7 Å². The highest BCUT2D eigenvalue weighted by Crippen LogP contribution is 2.37. The largest absolute Gasteiger partial charge is 0.366 e. The highest BCUT2D eigenvalue weighted by Gasteiger charge is 2.26. The average molecular weight is 331 g/mol. The van der Waals surface area contributed by atoms with Crippen LogP contribution in [0.3, 0.4) is 0 Å². The van der Waals surface area contributed by atoms with Gasteiger partial charge in [-0.15, -0.1) is 0 Å². The summed E-state index contributed by atoms with van der Waals surface area (Å²) in [6, 6.07) is 9.13. The molecule has 2 aromatic rings. The Morgan fingerprint density at radius 2 is 1.76 bits per heavy atom. The van der Waals surface area contributed by atoms with Crippen LogP contribution >= 0.6 is 0 Å². The van der Waals surface area contributed by atoms with Gasteiger partial charge in [-0.1, -0.05) is 0 Å². The fraction of sp³-hybridized carbons (Fsp3) is 0.111. The Morgan fingerprint density at radius 1 is 1.08 bits per heavy atom. The van der Waals surface area contributed by atoms with Crippen LogP contribution < -0.4 is 5.73 Å². The van der Waals surface area contributed by atoms with Gasteiger partial charge < -0.3 is 10.6 Å². The Morgan fingerprint density at radius 3 is 2.36 bits per heavy atom. The predicted molar refractivity (Wildman–Crippen MR) is 84.6 cm³/mol. The number of halogens is 1. The number of nitrogens with zero attached hydrogens (tertiary/aromatic N) is 4. The fourth-order valence-electron chi connectivity index (χ4n) is 3.01. The van der Waals surface area contributed by atoms with Crippen molar-refractivity contribution in [3.05, 3.63) is 57.9 Å². The van der Waals surface area contributed by atoms with Gasteiger partial charge in [-0.05, 0) is 41.0 Å². The molecule has 0 atom stereocenters. The number of benzene rings is 2. The van der Waals surface area contributed by atoms with Crippen molar-refractivity contribution in [2.75, 3.05) is 0 Å².